The molecule has 0 spiro atoms. The van der Waals surface area contributed by atoms with Gasteiger partial charge in [-0.1, -0.05) is 42.5 Å². The highest BCUT2D eigenvalue weighted by molar-refractivity contribution is 5.72. The van der Waals surface area contributed by atoms with Crippen molar-refractivity contribution in [3.63, 3.8) is 0 Å². The van der Waals surface area contributed by atoms with E-state index < -0.39 is 0 Å². The van der Waals surface area contributed by atoms with Crippen LogP contribution in [0.1, 0.15) is 5.56 Å². The van der Waals surface area contributed by atoms with Crippen LogP contribution >= 0.6 is 0 Å². The molecule has 4 heteroatoms. The molecule has 2 aromatic carbocycles. The Morgan fingerprint density at radius 2 is 2.00 bits per heavy atom. The fraction of sp³-hybridized carbons (Fsp3) is 0.105. The third-order valence-corrected chi connectivity index (χ3v) is 3.70. The molecule has 0 aliphatic heterocycles. The van der Waals surface area contributed by atoms with Gasteiger partial charge in [-0.2, -0.15) is 0 Å². The van der Waals surface area contributed by atoms with Crippen LogP contribution in [0.2, 0.25) is 0 Å². The number of rotatable bonds is 5. The van der Waals surface area contributed by atoms with Crippen LogP contribution in [0.4, 0.5) is 0 Å². The number of allylic oxidation sites excluding steroid dienone is 1. The zero-order valence-corrected chi connectivity index (χ0v) is 12.9. The van der Waals surface area contributed by atoms with Gasteiger partial charge in [-0.3, -0.25) is 0 Å². The highest BCUT2D eigenvalue weighted by Crippen LogP contribution is 2.39. The summed E-state index contributed by atoms with van der Waals surface area (Å²) in [5.74, 6) is 1.14. The fourth-order valence-electron chi connectivity index (χ4n) is 2.57. The Labute approximate surface area is 135 Å². The van der Waals surface area contributed by atoms with Crippen molar-refractivity contribution in [1.29, 1.82) is 0 Å². The smallest absolute Gasteiger partial charge is 0.169 e. The van der Waals surface area contributed by atoms with E-state index >= 15 is 0 Å². The Balaban J connectivity index is 2.03. The number of aromatic amines is 1. The minimum atomic E-state index is 0.0841. The maximum atomic E-state index is 10.5. The molecule has 0 unspecified atom stereocenters. The van der Waals surface area contributed by atoms with Crippen molar-refractivity contribution >= 4 is 0 Å². The molecule has 116 valence electrons. The second-order valence-corrected chi connectivity index (χ2v) is 5.16. The van der Waals surface area contributed by atoms with Gasteiger partial charge in [0, 0.05) is 5.56 Å². The lowest BCUT2D eigenvalue weighted by Gasteiger charge is -2.11. The first-order valence-corrected chi connectivity index (χ1v) is 7.35. The molecule has 0 aliphatic rings. The number of phenolic OH excluding ortho intramolecular Hbond substituents is 1. The third-order valence-electron chi connectivity index (χ3n) is 3.70. The van der Waals surface area contributed by atoms with Crippen molar-refractivity contribution in [3.05, 3.63) is 66.9 Å². The molecule has 0 fully saturated rings. The number of methoxy groups -OCH3 is 1. The van der Waals surface area contributed by atoms with Gasteiger partial charge in [-0.05, 0) is 18.1 Å². The molecule has 0 aliphatic carbocycles. The number of ether oxygens (including phenoxy) is 1. The van der Waals surface area contributed by atoms with E-state index in [1.165, 1.54) is 0 Å². The molecule has 0 saturated carbocycles. The van der Waals surface area contributed by atoms with Gasteiger partial charge in [0.2, 0.25) is 0 Å². The first kappa shape index (κ1) is 14.9. The van der Waals surface area contributed by atoms with Crippen LogP contribution in [-0.2, 0) is 6.42 Å². The van der Waals surface area contributed by atoms with E-state index in [-0.39, 0.29) is 5.75 Å². The van der Waals surface area contributed by atoms with Gasteiger partial charge in [0.1, 0.15) is 5.82 Å². The summed E-state index contributed by atoms with van der Waals surface area (Å²) < 4.78 is 5.34. The molecule has 0 bridgehead atoms. The largest absolute Gasteiger partial charge is 0.504 e. The molecule has 0 atom stereocenters. The normalized spacial score (nSPS) is 10.5. The van der Waals surface area contributed by atoms with Crippen LogP contribution in [-0.4, -0.2) is 22.2 Å². The summed E-state index contributed by atoms with van der Waals surface area (Å²) in [5, 5.41) is 10.5. The Kier molecular flexibility index (Phi) is 4.15. The van der Waals surface area contributed by atoms with Crippen molar-refractivity contribution in [2.75, 3.05) is 7.11 Å². The summed E-state index contributed by atoms with van der Waals surface area (Å²) in [5.41, 5.74) is 3.44. The molecule has 0 saturated heterocycles. The van der Waals surface area contributed by atoms with Crippen molar-refractivity contribution in [2.24, 2.45) is 0 Å². The number of phenols is 1. The van der Waals surface area contributed by atoms with Gasteiger partial charge in [0.15, 0.2) is 11.5 Å². The van der Waals surface area contributed by atoms with Crippen LogP contribution in [0, 0.1) is 0 Å². The van der Waals surface area contributed by atoms with E-state index in [4.69, 9.17) is 4.74 Å². The number of H-pyrrole nitrogens is 1. The van der Waals surface area contributed by atoms with E-state index in [0.29, 0.717) is 23.6 Å². The standard InChI is InChI=1S/C19H18N2O2/c1-3-7-14-10-11-15(17(22)18(14)23-2)19-20-12-16(21-19)13-8-5-4-6-9-13/h3-6,8-12,22H,1,7H2,2H3,(H,20,21). The molecule has 3 aromatic rings. The highest BCUT2D eigenvalue weighted by atomic mass is 16.5. The van der Waals surface area contributed by atoms with Crippen LogP contribution in [0.5, 0.6) is 11.5 Å². The lowest BCUT2D eigenvalue weighted by atomic mass is 10.1. The van der Waals surface area contributed by atoms with Gasteiger partial charge >= 0.3 is 0 Å². The van der Waals surface area contributed by atoms with E-state index in [1.807, 2.05) is 42.5 Å². The monoisotopic (exact) mass is 306 g/mol. The van der Waals surface area contributed by atoms with E-state index in [9.17, 15) is 5.11 Å². The topological polar surface area (TPSA) is 58.1 Å². The summed E-state index contributed by atoms with van der Waals surface area (Å²) in [6.07, 6.45) is 4.16. The Morgan fingerprint density at radius 1 is 1.22 bits per heavy atom. The Morgan fingerprint density at radius 3 is 2.70 bits per heavy atom. The second-order valence-electron chi connectivity index (χ2n) is 5.16. The SMILES string of the molecule is C=CCc1ccc(-c2ncc(-c3ccccc3)[nH]2)c(O)c1OC. The molecule has 0 radical (unpaired) electrons. The van der Waals surface area contributed by atoms with Crippen molar-refractivity contribution in [1.82, 2.24) is 9.97 Å². The molecule has 23 heavy (non-hydrogen) atoms. The zero-order valence-electron chi connectivity index (χ0n) is 12.9. The van der Waals surface area contributed by atoms with Crippen LogP contribution in [0.3, 0.4) is 0 Å². The number of hydrogen-bond acceptors (Lipinski definition) is 3. The number of nitrogens with one attached hydrogen (secondary N) is 1. The number of aromatic hydroxyl groups is 1. The molecular formula is C19H18N2O2. The molecular weight excluding hydrogens is 288 g/mol. The van der Waals surface area contributed by atoms with E-state index in [0.717, 1.165) is 16.8 Å². The average molecular weight is 306 g/mol. The van der Waals surface area contributed by atoms with Gasteiger partial charge in [0.05, 0.1) is 24.6 Å². The molecule has 1 heterocycles. The van der Waals surface area contributed by atoms with E-state index in [2.05, 4.69) is 16.5 Å². The second kappa shape index (κ2) is 6.40. The van der Waals surface area contributed by atoms with Crippen molar-refractivity contribution in [3.8, 4) is 34.1 Å². The summed E-state index contributed by atoms with van der Waals surface area (Å²) in [7, 11) is 1.54. The molecule has 1 aromatic heterocycles. The van der Waals surface area contributed by atoms with Gasteiger partial charge in [-0.15, -0.1) is 6.58 Å². The molecule has 2 N–H and O–H groups in total. The molecule has 0 amide bonds. The molecule has 3 rings (SSSR count). The number of imidazole rings is 1. The van der Waals surface area contributed by atoms with Gasteiger partial charge in [0.25, 0.3) is 0 Å². The first-order valence-electron chi connectivity index (χ1n) is 7.35. The fourth-order valence-corrected chi connectivity index (χ4v) is 2.57. The van der Waals surface area contributed by atoms with Crippen LogP contribution in [0.15, 0.2) is 61.3 Å². The maximum Gasteiger partial charge on any atom is 0.169 e. The lowest BCUT2D eigenvalue weighted by molar-refractivity contribution is 0.371. The molecule has 4 nitrogen and oxygen atoms in total. The Bertz CT molecular complexity index is 823. The quantitative estimate of drug-likeness (QED) is 0.695. The maximum absolute atomic E-state index is 10.5. The first-order chi connectivity index (χ1) is 11.2. The van der Waals surface area contributed by atoms with Crippen molar-refractivity contribution < 1.29 is 9.84 Å². The van der Waals surface area contributed by atoms with Gasteiger partial charge < -0.3 is 14.8 Å². The van der Waals surface area contributed by atoms with Crippen molar-refractivity contribution in [2.45, 2.75) is 6.42 Å². The highest BCUT2D eigenvalue weighted by Gasteiger charge is 2.16. The summed E-state index contributed by atoms with van der Waals surface area (Å²) in [6.45, 7) is 3.72. The summed E-state index contributed by atoms with van der Waals surface area (Å²) in [6, 6.07) is 13.7. The minimum Gasteiger partial charge on any atom is -0.504 e. The predicted molar refractivity (Wildman–Crippen MR) is 91.6 cm³/mol. The van der Waals surface area contributed by atoms with Crippen LogP contribution < -0.4 is 4.74 Å². The lowest BCUT2D eigenvalue weighted by Crippen LogP contribution is -1.94. The zero-order chi connectivity index (χ0) is 16.2. The third kappa shape index (κ3) is 2.83. The summed E-state index contributed by atoms with van der Waals surface area (Å²) in [4.78, 5) is 7.63. The summed E-state index contributed by atoms with van der Waals surface area (Å²) >= 11 is 0. The average Bonchev–Trinajstić information content (AvgIpc) is 3.06. The number of hydrogen-bond donors (Lipinski definition) is 2. The number of aromatic nitrogens is 2. The van der Waals surface area contributed by atoms with E-state index in [1.54, 1.807) is 19.4 Å². The number of nitrogens with zero attached hydrogens (tertiary/aromatic N) is 1. The predicted octanol–water partition coefficient (Wildman–Crippen LogP) is 4.19. The number of benzene rings is 2. The van der Waals surface area contributed by atoms with Crippen LogP contribution in [0.25, 0.3) is 22.6 Å². The Hall–Kier alpha value is -3.01. The minimum absolute atomic E-state index is 0.0841. The van der Waals surface area contributed by atoms with Gasteiger partial charge in [-0.25, -0.2) is 4.98 Å².